The zero-order valence-electron chi connectivity index (χ0n) is 27.8. The number of thiol groups is 1. The van der Waals surface area contributed by atoms with E-state index in [9.17, 15) is 59.1 Å². The average Bonchev–Trinajstić information content (AvgIpc) is 2.98. The Morgan fingerprint density at radius 3 is 1.82 bits per heavy atom. The summed E-state index contributed by atoms with van der Waals surface area (Å²) in [5.41, 5.74) is -15.9. The molecule has 5 N–H and O–H groups in total. The Bertz CT molecular complexity index is 1320. The van der Waals surface area contributed by atoms with E-state index in [0.29, 0.717) is 20.8 Å². The third-order valence-electron chi connectivity index (χ3n) is 8.18. The van der Waals surface area contributed by atoms with Crippen molar-refractivity contribution >= 4 is 65.6 Å². The molecule has 18 nitrogen and oxygen atoms in total. The Balaban J connectivity index is 3.37. The number of ketones is 3. The lowest BCUT2D eigenvalue weighted by atomic mass is 9.52. The Hall–Kier alpha value is -2.69. The zero-order valence-corrected chi connectivity index (χ0v) is 29.5. The molecule has 2 saturated heterocycles. The molecule has 49 heavy (non-hydrogen) atoms. The van der Waals surface area contributed by atoms with Crippen LogP contribution in [0.3, 0.4) is 0 Å². The molecule has 0 aliphatic carbocycles. The van der Waals surface area contributed by atoms with Crippen LogP contribution in [-0.2, 0) is 62.0 Å². The molecule has 0 bridgehead atoms. The van der Waals surface area contributed by atoms with Crippen LogP contribution < -0.4 is 0 Å². The van der Waals surface area contributed by atoms with Crippen LogP contribution in [0, 0.1) is 0 Å². The van der Waals surface area contributed by atoms with Crippen LogP contribution in [0.5, 0.6) is 0 Å². The van der Waals surface area contributed by atoms with Crippen molar-refractivity contribution in [3.05, 3.63) is 0 Å². The summed E-state index contributed by atoms with van der Waals surface area (Å²) in [6, 6.07) is 0. The highest BCUT2D eigenvalue weighted by Crippen LogP contribution is 2.59. The first-order chi connectivity index (χ1) is 22.6. The van der Waals surface area contributed by atoms with Crippen LogP contribution in [0.15, 0.2) is 0 Å². The van der Waals surface area contributed by atoms with Gasteiger partial charge in [-0.3, -0.25) is 33.6 Å². The molecule has 0 saturated carbocycles. The van der Waals surface area contributed by atoms with Crippen molar-refractivity contribution in [2.45, 2.75) is 112 Å². The molecule has 278 valence electrons. The second kappa shape index (κ2) is 16.1. The van der Waals surface area contributed by atoms with Gasteiger partial charge in [0.15, 0.2) is 29.1 Å². The Morgan fingerprint density at radius 1 is 0.857 bits per heavy atom. The van der Waals surface area contributed by atoms with Crippen molar-refractivity contribution < 1.29 is 87.5 Å². The minimum atomic E-state index is -3.78. The Morgan fingerprint density at radius 2 is 1.41 bits per heavy atom. The minimum Gasteiger partial charge on any atom is -0.452 e. The summed E-state index contributed by atoms with van der Waals surface area (Å²) in [7, 11) is 0. The first-order valence-electron chi connectivity index (χ1n) is 14.7. The minimum absolute atomic E-state index is 0.0466. The number of rotatable bonds is 14. The van der Waals surface area contributed by atoms with Crippen molar-refractivity contribution in [1.82, 2.24) is 0 Å². The first kappa shape index (κ1) is 42.5. The van der Waals surface area contributed by atoms with Gasteiger partial charge in [0, 0.05) is 38.7 Å². The molecule has 2 unspecified atom stereocenters. The zero-order chi connectivity index (χ0) is 37.9. The summed E-state index contributed by atoms with van der Waals surface area (Å²) in [5, 5.41) is 55.7. The van der Waals surface area contributed by atoms with E-state index in [4.69, 9.17) is 28.4 Å². The molecule has 2 rings (SSSR count). The highest BCUT2D eigenvalue weighted by atomic mass is 32.2. The van der Waals surface area contributed by atoms with Gasteiger partial charge in [0.25, 0.3) is 5.60 Å². The number of hydrogen-bond acceptors (Lipinski definition) is 20. The summed E-state index contributed by atoms with van der Waals surface area (Å²) < 4.78 is 33.5. The SMILES string of the molecule is CC(=O)OC(C(C)=O)[C@H]1OC[C@@](OC(C)=O)(C(C)=O)[C@](OC(C)=O)(C(C)=O)[C@]1(OC(C)=O)[C@]1(O)[C@H](O)[C@@H](O)[C@H](SCC(S)CO)O[C@@H]1CO. The van der Waals surface area contributed by atoms with Crippen LogP contribution in [0.4, 0.5) is 0 Å². The van der Waals surface area contributed by atoms with Gasteiger partial charge < -0.3 is 54.0 Å². The molecule has 2 aliphatic heterocycles. The van der Waals surface area contributed by atoms with Gasteiger partial charge in [-0.25, -0.2) is 0 Å². The monoisotopic (exact) mass is 742 g/mol. The van der Waals surface area contributed by atoms with Gasteiger partial charge in [0.05, 0.1) is 19.8 Å². The van der Waals surface area contributed by atoms with Crippen LogP contribution in [0.2, 0.25) is 0 Å². The van der Waals surface area contributed by atoms with E-state index in [1.54, 1.807) is 0 Å². The van der Waals surface area contributed by atoms with E-state index in [1.807, 2.05) is 0 Å². The van der Waals surface area contributed by atoms with Crippen LogP contribution in [0.25, 0.3) is 0 Å². The molecular weight excluding hydrogens is 700 g/mol. The van der Waals surface area contributed by atoms with Crippen LogP contribution in [0.1, 0.15) is 48.5 Å². The lowest BCUT2D eigenvalue weighted by Crippen LogP contribution is -2.94. The molecule has 11 atom stereocenters. The summed E-state index contributed by atoms with van der Waals surface area (Å²) in [6.45, 7) is 2.18. The van der Waals surface area contributed by atoms with E-state index in [2.05, 4.69) is 12.6 Å². The third-order valence-corrected chi connectivity index (χ3v) is 10.1. The molecule has 0 aromatic heterocycles. The quantitative estimate of drug-likeness (QED) is 0.0595. The number of hydrogen-bond donors (Lipinski definition) is 6. The van der Waals surface area contributed by atoms with Gasteiger partial charge in [0.2, 0.25) is 11.2 Å². The largest absolute Gasteiger partial charge is 0.452 e. The number of carbonyl (C=O) groups is 7. The first-order valence-corrected chi connectivity index (χ1v) is 16.3. The molecular formula is C29H42O18S2. The van der Waals surface area contributed by atoms with E-state index in [1.165, 1.54) is 0 Å². The predicted molar refractivity (Wildman–Crippen MR) is 166 cm³/mol. The van der Waals surface area contributed by atoms with E-state index in [0.717, 1.165) is 39.5 Å². The lowest BCUT2D eigenvalue weighted by Gasteiger charge is -2.66. The molecule has 2 fully saturated rings. The normalized spacial score (nSPS) is 35.7. The molecule has 0 aromatic carbocycles. The smallest absolute Gasteiger partial charge is 0.303 e. The molecule has 0 aromatic rings. The summed E-state index contributed by atoms with van der Waals surface area (Å²) >= 11 is 4.88. The van der Waals surface area contributed by atoms with Crippen molar-refractivity contribution in [3.8, 4) is 0 Å². The standard InChI is InChI=1S/C29H42O18S2/c1-12(32)22(43-15(4)35)24-29(47-18(7)38,27(41)20(9-31)44-25(21(39)23(27)40)49-10-19(48)8-30)28(14(3)34,46-17(6)37)26(11-42-24,13(2)33)45-16(5)36/h19-25,30-31,39-41,48H,8-11H2,1-7H3/t19?,20-,21-,22?,23-,24-,25+,26-,27-,28-,29-/m1/s1. The second-order valence-corrected chi connectivity index (χ2v) is 13.5. The number of thioether (sulfide) groups is 1. The Labute approximate surface area is 290 Å². The summed E-state index contributed by atoms with van der Waals surface area (Å²) in [6.07, 6.45) is -12.2. The predicted octanol–water partition coefficient (Wildman–Crippen LogP) is -2.82. The van der Waals surface area contributed by atoms with Crippen molar-refractivity contribution in [1.29, 1.82) is 0 Å². The highest BCUT2D eigenvalue weighted by Gasteiger charge is 2.89. The summed E-state index contributed by atoms with van der Waals surface area (Å²) in [4.78, 5) is 92.4. The molecule has 2 heterocycles. The maximum absolute atomic E-state index is 14.3. The topological polar surface area (TPSA) is 276 Å². The second-order valence-electron chi connectivity index (χ2n) is 11.6. The van der Waals surface area contributed by atoms with E-state index < -0.39 is 125 Å². The lowest BCUT2D eigenvalue weighted by molar-refractivity contribution is -0.401. The van der Waals surface area contributed by atoms with Crippen molar-refractivity contribution in [3.63, 3.8) is 0 Å². The molecule has 20 heteroatoms. The van der Waals surface area contributed by atoms with Crippen molar-refractivity contribution in [2.75, 3.05) is 25.6 Å². The van der Waals surface area contributed by atoms with Crippen molar-refractivity contribution in [2.24, 2.45) is 0 Å². The maximum atomic E-state index is 14.3. The number of Topliss-reactive ketones (excluding diaryl/α,β-unsaturated/α-hetero) is 3. The number of carbonyl (C=O) groups excluding carboxylic acids is 7. The fourth-order valence-corrected chi connectivity index (χ4v) is 7.79. The Kier molecular flexibility index (Phi) is 14.0. The van der Waals surface area contributed by atoms with E-state index in [-0.39, 0.29) is 5.75 Å². The van der Waals surface area contributed by atoms with Gasteiger partial charge in [-0.05, 0) is 20.8 Å². The fraction of sp³-hybridized carbons (Fsp3) is 0.759. The van der Waals surface area contributed by atoms with Gasteiger partial charge in [0.1, 0.15) is 29.9 Å². The number of aliphatic hydroxyl groups is 5. The highest BCUT2D eigenvalue weighted by molar-refractivity contribution is 8.00. The van der Waals surface area contributed by atoms with Crippen LogP contribution in [-0.4, -0.2) is 156 Å². The average molecular weight is 743 g/mol. The molecule has 0 spiro atoms. The molecule has 0 radical (unpaired) electrons. The molecule has 0 amide bonds. The van der Waals surface area contributed by atoms with E-state index >= 15 is 0 Å². The molecule has 2 aliphatic rings. The third kappa shape index (κ3) is 7.24. The van der Waals surface area contributed by atoms with Gasteiger partial charge in [-0.15, -0.1) is 11.8 Å². The van der Waals surface area contributed by atoms with Gasteiger partial charge in [-0.2, -0.15) is 12.6 Å². The maximum Gasteiger partial charge on any atom is 0.303 e. The van der Waals surface area contributed by atoms with Gasteiger partial charge >= 0.3 is 23.9 Å². The number of aliphatic hydroxyl groups excluding tert-OH is 4. The number of ether oxygens (including phenoxy) is 6. The van der Waals surface area contributed by atoms with Gasteiger partial charge in [-0.1, -0.05) is 0 Å². The summed E-state index contributed by atoms with van der Waals surface area (Å²) in [5.74, 6) is -9.46. The van der Waals surface area contributed by atoms with Crippen LogP contribution >= 0.6 is 24.4 Å². The fourth-order valence-electron chi connectivity index (χ4n) is 6.45. The number of esters is 4.